The molecule has 0 aliphatic heterocycles. The monoisotopic (exact) mass is 283 g/mol. The topological polar surface area (TPSA) is 53.7 Å². The lowest BCUT2D eigenvalue weighted by atomic mass is 9.91. The van der Waals surface area contributed by atoms with Crippen molar-refractivity contribution in [3.8, 4) is 0 Å². The van der Waals surface area contributed by atoms with Crippen molar-refractivity contribution >= 4 is 17.7 Å². The van der Waals surface area contributed by atoms with Crippen molar-refractivity contribution in [1.29, 1.82) is 0 Å². The summed E-state index contributed by atoms with van der Waals surface area (Å²) in [6.45, 7) is 0.727. The molecule has 1 fully saturated rings. The number of hydrogen-bond acceptors (Lipinski definition) is 4. The Labute approximate surface area is 118 Å². The lowest BCUT2D eigenvalue weighted by Gasteiger charge is -2.37. The molecule has 5 heteroatoms. The Bertz CT molecular complexity index is 415. The number of carbonyl (C=O) groups is 1. The fourth-order valence-corrected chi connectivity index (χ4v) is 2.68. The van der Waals surface area contributed by atoms with Crippen LogP contribution in [0.2, 0.25) is 0 Å². The molecule has 1 aromatic heterocycles. The average Bonchev–Trinajstić information content (AvgIpc) is 2.80. The van der Waals surface area contributed by atoms with Crippen LogP contribution in [0.4, 0.5) is 0 Å². The van der Waals surface area contributed by atoms with E-state index in [-0.39, 0.29) is 12.5 Å². The Morgan fingerprint density at radius 3 is 2.89 bits per heavy atom. The number of rotatable bonds is 7. The molecular weight excluding hydrogens is 262 g/mol. The first-order valence-electron chi connectivity index (χ1n) is 6.75. The molecule has 1 amide bonds. The molecule has 19 heavy (non-hydrogen) atoms. The van der Waals surface area contributed by atoms with Crippen LogP contribution in [0.15, 0.2) is 16.5 Å². The van der Waals surface area contributed by atoms with Gasteiger partial charge in [0.05, 0.1) is 5.75 Å². The molecule has 0 atom stereocenters. The Balaban J connectivity index is 2.03. The van der Waals surface area contributed by atoms with Crippen LogP contribution in [0, 0.1) is 0 Å². The third-order valence-corrected chi connectivity index (χ3v) is 4.07. The van der Waals surface area contributed by atoms with Gasteiger partial charge in [-0.15, -0.1) is 0 Å². The second kappa shape index (κ2) is 7.01. The Hall–Kier alpha value is -0.940. The molecule has 0 saturated heterocycles. The van der Waals surface area contributed by atoms with Gasteiger partial charge in [-0.25, -0.2) is 0 Å². The van der Waals surface area contributed by atoms with Gasteiger partial charge in [0, 0.05) is 19.2 Å². The molecule has 0 spiro atoms. The number of thioether (sulfide) groups is 1. The molecule has 0 bridgehead atoms. The Morgan fingerprint density at radius 2 is 2.32 bits per heavy atom. The van der Waals surface area contributed by atoms with Crippen LogP contribution >= 0.6 is 11.8 Å². The first kappa shape index (κ1) is 14.5. The van der Waals surface area contributed by atoms with Gasteiger partial charge < -0.3 is 14.4 Å². The van der Waals surface area contributed by atoms with E-state index in [1.54, 1.807) is 17.8 Å². The smallest absolute Gasteiger partial charge is 0.289 e. The van der Waals surface area contributed by atoms with Crippen molar-refractivity contribution in [3.63, 3.8) is 0 Å². The summed E-state index contributed by atoms with van der Waals surface area (Å²) in [7, 11) is 0. The maximum Gasteiger partial charge on any atom is 0.289 e. The highest BCUT2D eigenvalue weighted by Crippen LogP contribution is 2.27. The Morgan fingerprint density at radius 1 is 1.53 bits per heavy atom. The molecule has 4 nitrogen and oxygen atoms in total. The molecule has 1 N–H and O–H groups in total. The number of carbonyl (C=O) groups excluding carboxylic acids is 1. The van der Waals surface area contributed by atoms with Gasteiger partial charge in [0.25, 0.3) is 5.91 Å². The van der Waals surface area contributed by atoms with Crippen LogP contribution in [0.5, 0.6) is 0 Å². The van der Waals surface area contributed by atoms with Gasteiger partial charge in [0.2, 0.25) is 0 Å². The van der Waals surface area contributed by atoms with E-state index < -0.39 is 0 Å². The molecule has 1 heterocycles. The number of furan rings is 1. The van der Waals surface area contributed by atoms with Crippen molar-refractivity contribution in [2.24, 2.45) is 0 Å². The molecule has 0 aromatic carbocycles. The van der Waals surface area contributed by atoms with Crippen molar-refractivity contribution in [1.82, 2.24) is 4.90 Å². The lowest BCUT2D eigenvalue weighted by molar-refractivity contribution is 0.0529. The molecule has 1 aliphatic rings. The normalized spacial score (nSPS) is 15.3. The van der Waals surface area contributed by atoms with Gasteiger partial charge in [0.1, 0.15) is 5.76 Å². The van der Waals surface area contributed by atoms with Gasteiger partial charge in [-0.2, -0.15) is 11.8 Å². The third kappa shape index (κ3) is 3.54. The van der Waals surface area contributed by atoms with Gasteiger partial charge in [-0.1, -0.05) is 0 Å². The quantitative estimate of drug-likeness (QED) is 0.835. The van der Waals surface area contributed by atoms with Crippen LogP contribution < -0.4 is 0 Å². The highest BCUT2D eigenvalue weighted by atomic mass is 32.2. The molecule has 2 rings (SSSR count). The molecule has 1 aliphatic carbocycles. The van der Waals surface area contributed by atoms with Gasteiger partial charge in [-0.3, -0.25) is 4.79 Å². The zero-order valence-electron chi connectivity index (χ0n) is 11.3. The summed E-state index contributed by atoms with van der Waals surface area (Å²) in [4.78, 5) is 14.3. The van der Waals surface area contributed by atoms with Crippen LogP contribution in [0.25, 0.3) is 0 Å². The predicted octanol–water partition coefficient (Wildman–Crippen LogP) is 2.52. The van der Waals surface area contributed by atoms with Crippen molar-refractivity contribution in [2.75, 3.05) is 19.4 Å². The van der Waals surface area contributed by atoms with Crippen LogP contribution in [0.1, 0.15) is 42.0 Å². The van der Waals surface area contributed by atoms with Crippen LogP contribution in [-0.4, -0.2) is 41.4 Å². The first-order chi connectivity index (χ1) is 9.26. The van der Waals surface area contributed by atoms with Crippen molar-refractivity contribution < 1.29 is 14.3 Å². The predicted molar refractivity (Wildman–Crippen MR) is 76.3 cm³/mol. The van der Waals surface area contributed by atoms with E-state index in [4.69, 9.17) is 9.52 Å². The molecule has 1 saturated carbocycles. The number of aliphatic hydroxyl groups excluding tert-OH is 1. The van der Waals surface area contributed by atoms with E-state index in [2.05, 4.69) is 0 Å². The summed E-state index contributed by atoms with van der Waals surface area (Å²) in [6.07, 6.45) is 5.95. The molecule has 0 unspecified atom stereocenters. The lowest BCUT2D eigenvalue weighted by Crippen LogP contribution is -2.44. The highest BCUT2D eigenvalue weighted by molar-refractivity contribution is 7.97. The molecule has 106 valence electrons. The number of nitrogens with zero attached hydrogens (tertiary/aromatic N) is 1. The largest absolute Gasteiger partial charge is 0.455 e. The fourth-order valence-electron chi connectivity index (χ4n) is 2.24. The second-order valence-corrected chi connectivity index (χ2v) is 5.73. The van der Waals surface area contributed by atoms with Crippen LogP contribution in [0.3, 0.4) is 0 Å². The standard InChI is InChI=1S/C14H21NO3S/c1-19-10-12-6-7-13(18-12)14(17)15(8-3-9-16)11-4-2-5-11/h6-7,11,16H,2-5,8-10H2,1H3. The van der Waals surface area contributed by atoms with Crippen LogP contribution in [-0.2, 0) is 5.75 Å². The zero-order chi connectivity index (χ0) is 13.7. The zero-order valence-corrected chi connectivity index (χ0v) is 12.1. The maximum absolute atomic E-state index is 12.4. The van der Waals surface area contributed by atoms with E-state index >= 15 is 0 Å². The summed E-state index contributed by atoms with van der Waals surface area (Å²) in [5.41, 5.74) is 0. The van der Waals surface area contributed by atoms with E-state index in [1.807, 2.05) is 17.2 Å². The summed E-state index contributed by atoms with van der Waals surface area (Å²) in [5, 5.41) is 8.95. The van der Waals surface area contributed by atoms with E-state index in [9.17, 15) is 4.79 Å². The first-order valence-corrected chi connectivity index (χ1v) is 8.15. The summed E-state index contributed by atoms with van der Waals surface area (Å²) >= 11 is 1.67. The number of hydrogen-bond donors (Lipinski definition) is 1. The van der Waals surface area contributed by atoms with E-state index in [0.29, 0.717) is 24.8 Å². The molecule has 1 aromatic rings. The second-order valence-electron chi connectivity index (χ2n) is 4.86. The number of aliphatic hydroxyl groups is 1. The van der Waals surface area contributed by atoms with Gasteiger partial charge in [-0.05, 0) is 44.1 Å². The van der Waals surface area contributed by atoms with Crippen molar-refractivity contribution in [3.05, 3.63) is 23.7 Å². The maximum atomic E-state index is 12.4. The van der Waals surface area contributed by atoms with Crippen molar-refractivity contribution in [2.45, 2.75) is 37.5 Å². The summed E-state index contributed by atoms with van der Waals surface area (Å²) in [5.74, 6) is 2.01. The summed E-state index contributed by atoms with van der Waals surface area (Å²) < 4.78 is 5.59. The minimum absolute atomic E-state index is 0.0366. The third-order valence-electron chi connectivity index (χ3n) is 3.49. The highest BCUT2D eigenvalue weighted by Gasteiger charge is 2.30. The fraction of sp³-hybridized carbons (Fsp3) is 0.643. The molecular formula is C14H21NO3S. The SMILES string of the molecule is CSCc1ccc(C(=O)N(CCCO)C2CCC2)o1. The molecule has 0 radical (unpaired) electrons. The van der Waals surface area contributed by atoms with Gasteiger partial charge in [0.15, 0.2) is 5.76 Å². The minimum atomic E-state index is -0.0366. The van der Waals surface area contributed by atoms with E-state index in [0.717, 1.165) is 24.4 Å². The minimum Gasteiger partial charge on any atom is -0.455 e. The van der Waals surface area contributed by atoms with Gasteiger partial charge >= 0.3 is 0 Å². The average molecular weight is 283 g/mol. The Kier molecular flexibility index (Phi) is 5.34. The number of amides is 1. The van der Waals surface area contributed by atoms with E-state index in [1.165, 1.54) is 6.42 Å². The summed E-state index contributed by atoms with van der Waals surface area (Å²) in [6, 6.07) is 3.96.